The van der Waals surface area contributed by atoms with E-state index in [4.69, 9.17) is 5.73 Å². The Kier molecular flexibility index (Phi) is 3.94. The summed E-state index contributed by atoms with van der Waals surface area (Å²) in [4.78, 5) is 13.8. The molecule has 0 aromatic heterocycles. The van der Waals surface area contributed by atoms with Gasteiger partial charge in [-0.05, 0) is 41.7 Å². The van der Waals surface area contributed by atoms with Crippen molar-refractivity contribution < 1.29 is 4.79 Å². The number of thioether (sulfide) groups is 1. The molecule has 0 radical (unpaired) electrons. The lowest BCUT2D eigenvalue weighted by molar-refractivity contribution is -0.117. The molecule has 0 bridgehead atoms. The molecule has 0 atom stereocenters. The first kappa shape index (κ1) is 12.3. The lowest BCUT2D eigenvalue weighted by Gasteiger charge is -2.17. The van der Waals surface area contributed by atoms with Gasteiger partial charge in [-0.25, -0.2) is 0 Å². The van der Waals surface area contributed by atoms with Gasteiger partial charge in [-0.3, -0.25) is 4.79 Å². The Labute approximate surface area is 106 Å². The second kappa shape index (κ2) is 5.45. The van der Waals surface area contributed by atoms with Gasteiger partial charge in [-0.2, -0.15) is 11.8 Å². The van der Waals surface area contributed by atoms with Crippen molar-refractivity contribution in [2.24, 2.45) is 0 Å². The molecule has 0 saturated carbocycles. The van der Waals surface area contributed by atoms with Crippen LogP contribution >= 0.6 is 11.8 Å². The summed E-state index contributed by atoms with van der Waals surface area (Å²) in [5.74, 6) is 2.46. The summed E-state index contributed by atoms with van der Waals surface area (Å²) < 4.78 is 0. The highest BCUT2D eigenvalue weighted by atomic mass is 32.2. The number of carbonyl (C=O) groups excluding carboxylic acids is 1. The van der Waals surface area contributed by atoms with E-state index in [1.54, 1.807) is 0 Å². The maximum absolute atomic E-state index is 11.9. The molecule has 0 spiro atoms. The fourth-order valence-corrected chi connectivity index (χ4v) is 2.74. The van der Waals surface area contributed by atoms with Gasteiger partial charge in [0.15, 0.2) is 0 Å². The van der Waals surface area contributed by atoms with Crippen LogP contribution in [0.15, 0.2) is 18.2 Å². The first-order valence-corrected chi connectivity index (χ1v) is 7.14. The first-order valence-electron chi connectivity index (χ1n) is 5.99. The summed E-state index contributed by atoms with van der Waals surface area (Å²) in [6, 6.07) is 5.74. The summed E-state index contributed by atoms with van der Waals surface area (Å²) in [5.41, 5.74) is 8.58. The fraction of sp³-hybridized carbons (Fsp3) is 0.462. The van der Waals surface area contributed by atoms with Crippen molar-refractivity contribution in [1.29, 1.82) is 0 Å². The number of anilines is 2. The molecule has 4 heteroatoms. The SMILES string of the molecule is CCSCCCN1C(=O)Cc2cc(N)ccc21. The van der Waals surface area contributed by atoms with E-state index in [2.05, 4.69) is 6.92 Å². The molecule has 1 heterocycles. The highest BCUT2D eigenvalue weighted by Gasteiger charge is 2.26. The number of hydrogen-bond acceptors (Lipinski definition) is 3. The zero-order valence-electron chi connectivity index (χ0n) is 10.1. The molecule has 1 aromatic rings. The summed E-state index contributed by atoms with van der Waals surface area (Å²) in [6.07, 6.45) is 1.55. The standard InChI is InChI=1S/C13H18N2OS/c1-2-17-7-3-6-15-12-5-4-11(14)8-10(12)9-13(15)16/h4-5,8H,2-3,6-7,9,14H2,1H3. The lowest BCUT2D eigenvalue weighted by Crippen LogP contribution is -2.28. The maximum Gasteiger partial charge on any atom is 0.231 e. The molecule has 0 unspecified atom stereocenters. The average molecular weight is 250 g/mol. The van der Waals surface area contributed by atoms with E-state index in [0.29, 0.717) is 6.42 Å². The van der Waals surface area contributed by atoms with Gasteiger partial charge in [0.05, 0.1) is 6.42 Å². The van der Waals surface area contributed by atoms with Crippen LogP contribution < -0.4 is 10.6 Å². The van der Waals surface area contributed by atoms with Crippen LogP contribution in [0.5, 0.6) is 0 Å². The number of benzene rings is 1. The van der Waals surface area contributed by atoms with Gasteiger partial charge >= 0.3 is 0 Å². The van der Waals surface area contributed by atoms with E-state index >= 15 is 0 Å². The van der Waals surface area contributed by atoms with Crippen molar-refractivity contribution in [1.82, 2.24) is 0 Å². The van der Waals surface area contributed by atoms with Gasteiger partial charge in [-0.15, -0.1) is 0 Å². The summed E-state index contributed by atoms with van der Waals surface area (Å²) in [5, 5.41) is 0. The minimum atomic E-state index is 0.201. The van der Waals surface area contributed by atoms with Crippen molar-refractivity contribution in [3.05, 3.63) is 23.8 Å². The predicted molar refractivity (Wildman–Crippen MR) is 74.5 cm³/mol. The first-order chi connectivity index (χ1) is 8.22. The van der Waals surface area contributed by atoms with Crippen molar-refractivity contribution in [3.8, 4) is 0 Å². The fourth-order valence-electron chi connectivity index (χ4n) is 2.12. The number of fused-ring (bicyclic) bond motifs is 1. The third-order valence-electron chi connectivity index (χ3n) is 2.91. The van der Waals surface area contributed by atoms with E-state index in [9.17, 15) is 4.79 Å². The van der Waals surface area contributed by atoms with Crippen molar-refractivity contribution in [2.45, 2.75) is 19.8 Å². The number of rotatable bonds is 5. The third-order valence-corrected chi connectivity index (χ3v) is 3.90. The highest BCUT2D eigenvalue weighted by molar-refractivity contribution is 7.99. The van der Waals surface area contributed by atoms with E-state index in [1.807, 2.05) is 34.9 Å². The van der Waals surface area contributed by atoms with Gasteiger partial charge in [0.1, 0.15) is 0 Å². The molecular weight excluding hydrogens is 232 g/mol. The Morgan fingerprint density at radius 2 is 2.29 bits per heavy atom. The van der Waals surface area contributed by atoms with E-state index in [1.165, 1.54) is 0 Å². The smallest absolute Gasteiger partial charge is 0.231 e. The Hall–Kier alpha value is -1.16. The molecule has 92 valence electrons. The molecule has 1 aliphatic rings. The molecule has 0 aliphatic carbocycles. The van der Waals surface area contributed by atoms with E-state index < -0.39 is 0 Å². The molecule has 17 heavy (non-hydrogen) atoms. The van der Waals surface area contributed by atoms with Crippen molar-refractivity contribution in [3.63, 3.8) is 0 Å². The lowest BCUT2D eigenvalue weighted by atomic mass is 10.1. The van der Waals surface area contributed by atoms with Crippen LogP contribution in [0.3, 0.4) is 0 Å². The zero-order valence-corrected chi connectivity index (χ0v) is 10.9. The van der Waals surface area contributed by atoms with Gasteiger partial charge < -0.3 is 10.6 Å². The second-order valence-corrected chi connectivity index (χ2v) is 5.55. The Morgan fingerprint density at radius 1 is 1.47 bits per heavy atom. The van der Waals surface area contributed by atoms with Crippen LogP contribution in [-0.4, -0.2) is 24.0 Å². The number of carbonyl (C=O) groups is 1. The second-order valence-electron chi connectivity index (χ2n) is 4.16. The number of amides is 1. The van der Waals surface area contributed by atoms with Crippen molar-refractivity contribution >= 4 is 29.0 Å². The molecule has 3 nitrogen and oxygen atoms in total. The van der Waals surface area contributed by atoms with Crippen LogP contribution in [0.4, 0.5) is 11.4 Å². The molecule has 0 saturated heterocycles. The van der Waals surface area contributed by atoms with Crippen LogP contribution in [-0.2, 0) is 11.2 Å². The summed E-state index contributed by atoms with van der Waals surface area (Å²) in [7, 11) is 0. The largest absolute Gasteiger partial charge is 0.399 e. The Morgan fingerprint density at radius 3 is 3.06 bits per heavy atom. The molecule has 2 N–H and O–H groups in total. The summed E-state index contributed by atoms with van der Waals surface area (Å²) in [6.45, 7) is 2.98. The monoisotopic (exact) mass is 250 g/mol. The van der Waals surface area contributed by atoms with Crippen LogP contribution in [0.25, 0.3) is 0 Å². The minimum Gasteiger partial charge on any atom is -0.399 e. The van der Waals surface area contributed by atoms with Crippen LogP contribution in [0.2, 0.25) is 0 Å². The minimum absolute atomic E-state index is 0.201. The number of nitrogens with two attached hydrogens (primary N) is 1. The zero-order chi connectivity index (χ0) is 12.3. The van der Waals surface area contributed by atoms with Gasteiger partial charge in [-0.1, -0.05) is 6.92 Å². The highest BCUT2D eigenvalue weighted by Crippen LogP contribution is 2.30. The molecular formula is C13H18N2OS. The molecule has 1 aliphatic heterocycles. The van der Waals surface area contributed by atoms with Crippen LogP contribution in [0, 0.1) is 0 Å². The molecule has 2 rings (SSSR count). The van der Waals surface area contributed by atoms with E-state index in [0.717, 1.165) is 41.4 Å². The topological polar surface area (TPSA) is 46.3 Å². The number of nitrogens with zero attached hydrogens (tertiary/aromatic N) is 1. The number of nitrogen functional groups attached to an aromatic ring is 1. The third kappa shape index (κ3) is 2.75. The quantitative estimate of drug-likeness (QED) is 0.644. The van der Waals surface area contributed by atoms with Gasteiger partial charge in [0, 0.05) is 17.9 Å². The van der Waals surface area contributed by atoms with Crippen LogP contribution in [0.1, 0.15) is 18.9 Å². The Balaban J connectivity index is 2.02. The van der Waals surface area contributed by atoms with E-state index in [-0.39, 0.29) is 5.91 Å². The Bertz CT molecular complexity index is 420. The van der Waals surface area contributed by atoms with Gasteiger partial charge in [0.25, 0.3) is 0 Å². The molecule has 1 aromatic carbocycles. The van der Waals surface area contributed by atoms with Crippen molar-refractivity contribution in [2.75, 3.05) is 28.7 Å². The normalized spacial score (nSPS) is 14.2. The predicted octanol–water partition coefficient (Wildman–Crippen LogP) is 2.30. The summed E-state index contributed by atoms with van der Waals surface area (Å²) >= 11 is 1.92. The van der Waals surface area contributed by atoms with Gasteiger partial charge in [0.2, 0.25) is 5.91 Å². The molecule has 1 amide bonds. The maximum atomic E-state index is 11.9. The average Bonchev–Trinajstić information content (AvgIpc) is 2.60. The molecule has 0 fully saturated rings. The number of hydrogen-bond donors (Lipinski definition) is 1.